The number of fused-ring (bicyclic) bond motifs is 5. The lowest BCUT2D eigenvalue weighted by Gasteiger charge is -2.61. The molecule has 0 aromatic carbocycles. The highest BCUT2D eigenvalue weighted by Gasteiger charge is 2.60. The monoisotopic (exact) mass is 402 g/mol. The van der Waals surface area contributed by atoms with E-state index in [0.29, 0.717) is 10.8 Å². The first-order valence-electron chi connectivity index (χ1n) is 13.3. The van der Waals surface area contributed by atoms with Crippen LogP contribution in [-0.4, -0.2) is 11.2 Å². The minimum Gasteiger partial charge on any atom is -0.393 e. The molecule has 1 nitrogen and oxygen atoms in total. The van der Waals surface area contributed by atoms with Gasteiger partial charge in [-0.1, -0.05) is 54.4 Å². The van der Waals surface area contributed by atoms with Crippen molar-refractivity contribution >= 4 is 0 Å². The zero-order chi connectivity index (χ0) is 21.0. The lowest BCUT2D eigenvalue weighted by atomic mass is 9.44. The van der Waals surface area contributed by atoms with Gasteiger partial charge < -0.3 is 5.11 Å². The van der Waals surface area contributed by atoms with Crippen LogP contribution in [-0.2, 0) is 0 Å². The van der Waals surface area contributed by atoms with Gasteiger partial charge in [0.2, 0.25) is 0 Å². The molecule has 0 radical (unpaired) electrons. The maximum absolute atomic E-state index is 10.3. The van der Waals surface area contributed by atoms with E-state index in [1.165, 1.54) is 57.8 Å². The zero-order valence-corrected chi connectivity index (χ0v) is 20.4. The summed E-state index contributed by atoms with van der Waals surface area (Å²) in [6.45, 7) is 15.2. The smallest absolute Gasteiger partial charge is 0.0543 e. The van der Waals surface area contributed by atoms with Gasteiger partial charge in [0.05, 0.1) is 6.10 Å². The molecule has 0 aromatic rings. The van der Waals surface area contributed by atoms with E-state index in [9.17, 15) is 5.11 Å². The first-order valence-corrected chi connectivity index (χ1v) is 13.3. The Morgan fingerprint density at radius 1 is 0.793 bits per heavy atom. The molecule has 168 valence electrons. The molecule has 0 saturated heterocycles. The fourth-order valence-corrected chi connectivity index (χ4v) is 9.27. The van der Waals surface area contributed by atoms with E-state index in [-0.39, 0.29) is 6.10 Å². The zero-order valence-electron chi connectivity index (χ0n) is 20.4. The number of hydrogen-bond donors (Lipinski definition) is 1. The first kappa shape index (κ1) is 22.2. The summed E-state index contributed by atoms with van der Waals surface area (Å²) in [6.07, 6.45) is 15.1. The van der Waals surface area contributed by atoms with Gasteiger partial charge in [0.25, 0.3) is 0 Å². The summed E-state index contributed by atoms with van der Waals surface area (Å²) in [5, 5.41) is 10.3. The Kier molecular flexibility index (Phi) is 6.22. The van der Waals surface area contributed by atoms with Crippen molar-refractivity contribution < 1.29 is 5.11 Å². The Bertz CT molecular complexity index is 569. The lowest BCUT2D eigenvalue weighted by Crippen LogP contribution is -2.54. The molecule has 4 aliphatic carbocycles. The second-order valence-corrected chi connectivity index (χ2v) is 13.1. The predicted octanol–water partition coefficient (Wildman–Crippen LogP) is 7.71. The minimum absolute atomic E-state index is 0.0107. The van der Waals surface area contributed by atoms with Crippen LogP contribution in [0.15, 0.2) is 0 Å². The maximum Gasteiger partial charge on any atom is 0.0543 e. The number of aliphatic hydroxyl groups excluding tert-OH is 1. The highest BCUT2D eigenvalue weighted by Crippen LogP contribution is 2.68. The number of rotatable bonds is 5. The van der Waals surface area contributed by atoms with Gasteiger partial charge in [-0.3, -0.25) is 0 Å². The van der Waals surface area contributed by atoms with Gasteiger partial charge in [-0.25, -0.2) is 0 Å². The Hall–Kier alpha value is -0.0400. The van der Waals surface area contributed by atoms with Gasteiger partial charge in [-0.05, 0) is 116 Å². The van der Waals surface area contributed by atoms with Crippen molar-refractivity contribution in [3.05, 3.63) is 0 Å². The summed E-state index contributed by atoms with van der Waals surface area (Å²) in [7, 11) is 0. The van der Waals surface area contributed by atoms with Crippen molar-refractivity contribution in [2.75, 3.05) is 0 Å². The topological polar surface area (TPSA) is 20.2 Å². The van der Waals surface area contributed by atoms with E-state index >= 15 is 0 Å². The largest absolute Gasteiger partial charge is 0.393 e. The molecule has 0 aliphatic heterocycles. The third kappa shape index (κ3) is 3.74. The van der Waals surface area contributed by atoms with E-state index in [1.54, 1.807) is 0 Å². The predicted molar refractivity (Wildman–Crippen MR) is 124 cm³/mol. The second-order valence-electron chi connectivity index (χ2n) is 13.1. The van der Waals surface area contributed by atoms with Gasteiger partial charge in [0.1, 0.15) is 0 Å². The Morgan fingerprint density at radius 2 is 1.48 bits per heavy atom. The van der Waals surface area contributed by atoms with Gasteiger partial charge in [0.15, 0.2) is 0 Å². The minimum atomic E-state index is -0.0107. The standard InChI is InChI=1S/C28H50O/c1-18(2)19(3)7-8-20(4)24-11-12-25-23-10-9-21-17-22(29)13-15-27(21,5)26(23)14-16-28(24,25)6/h18-26,29H,7-17H2,1-6H3/t19-,20-,21?,22+,23+,24-,25?,26?,27+,28-/m1/s1. The van der Waals surface area contributed by atoms with Gasteiger partial charge in [0, 0.05) is 0 Å². The molecular weight excluding hydrogens is 352 g/mol. The molecule has 1 heteroatoms. The Balaban J connectivity index is 1.46. The normalized spacial score (nSPS) is 49.2. The SMILES string of the molecule is CC(C)[C@H](C)CC[C@@H](C)[C@H]1CCC2[C@@H]3CCC4C[C@@H](O)CC[C@]4(C)C3CC[C@@]21C. The fourth-order valence-electron chi connectivity index (χ4n) is 9.27. The molecule has 0 heterocycles. The first-order chi connectivity index (χ1) is 13.7. The van der Waals surface area contributed by atoms with Crippen molar-refractivity contribution in [1.82, 2.24) is 0 Å². The highest BCUT2D eigenvalue weighted by atomic mass is 16.3. The van der Waals surface area contributed by atoms with E-state index in [0.717, 1.165) is 60.2 Å². The van der Waals surface area contributed by atoms with Gasteiger partial charge in [-0.15, -0.1) is 0 Å². The summed E-state index contributed by atoms with van der Waals surface area (Å²) in [5.41, 5.74) is 1.14. The molecular formula is C28H50O. The van der Waals surface area contributed by atoms with Crippen LogP contribution in [0.3, 0.4) is 0 Å². The summed E-state index contributed by atoms with van der Waals surface area (Å²) in [6, 6.07) is 0. The van der Waals surface area contributed by atoms with Crippen LogP contribution in [0.4, 0.5) is 0 Å². The molecule has 3 unspecified atom stereocenters. The van der Waals surface area contributed by atoms with Crippen LogP contribution >= 0.6 is 0 Å². The molecule has 0 amide bonds. The third-order valence-corrected chi connectivity index (χ3v) is 11.6. The van der Waals surface area contributed by atoms with Crippen molar-refractivity contribution in [2.45, 2.75) is 118 Å². The van der Waals surface area contributed by atoms with Gasteiger partial charge in [-0.2, -0.15) is 0 Å². The summed E-state index contributed by atoms with van der Waals surface area (Å²) < 4.78 is 0. The number of aliphatic hydroxyl groups is 1. The molecule has 10 atom stereocenters. The third-order valence-electron chi connectivity index (χ3n) is 11.6. The second kappa shape index (κ2) is 8.14. The van der Waals surface area contributed by atoms with Crippen molar-refractivity contribution in [2.24, 2.45) is 58.2 Å². The molecule has 1 N–H and O–H groups in total. The number of hydrogen-bond acceptors (Lipinski definition) is 1. The van der Waals surface area contributed by atoms with Crippen molar-refractivity contribution in [1.29, 1.82) is 0 Å². The highest BCUT2D eigenvalue weighted by molar-refractivity contribution is 5.09. The van der Waals surface area contributed by atoms with Crippen LogP contribution in [0, 0.1) is 58.2 Å². The van der Waals surface area contributed by atoms with Crippen LogP contribution in [0.2, 0.25) is 0 Å². The Morgan fingerprint density at radius 3 is 2.21 bits per heavy atom. The van der Waals surface area contributed by atoms with Gasteiger partial charge >= 0.3 is 0 Å². The average molecular weight is 403 g/mol. The molecule has 4 rings (SSSR count). The van der Waals surface area contributed by atoms with E-state index in [1.807, 2.05) is 0 Å². The Labute approximate surface area is 181 Å². The van der Waals surface area contributed by atoms with Crippen LogP contribution < -0.4 is 0 Å². The fraction of sp³-hybridized carbons (Fsp3) is 1.00. The van der Waals surface area contributed by atoms with E-state index in [2.05, 4.69) is 41.5 Å². The molecule has 0 spiro atoms. The molecule has 0 bridgehead atoms. The maximum atomic E-state index is 10.3. The van der Waals surface area contributed by atoms with Crippen LogP contribution in [0.1, 0.15) is 112 Å². The van der Waals surface area contributed by atoms with Crippen molar-refractivity contribution in [3.63, 3.8) is 0 Å². The van der Waals surface area contributed by atoms with E-state index < -0.39 is 0 Å². The molecule has 4 saturated carbocycles. The summed E-state index contributed by atoms with van der Waals surface area (Å²) in [5.74, 6) is 7.28. The van der Waals surface area contributed by atoms with Crippen LogP contribution in [0.25, 0.3) is 0 Å². The average Bonchev–Trinajstić information content (AvgIpc) is 3.03. The quantitative estimate of drug-likeness (QED) is 0.499. The molecule has 4 fully saturated rings. The molecule has 4 aliphatic rings. The summed E-state index contributed by atoms with van der Waals surface area (Å²) in [4.78, 5) is 0. The lowest BCUT2D eigenvalue weighted by molar-refractivity contribution is -0.129. The summed E-state index contributed by atoms with van der Waals surface area (Å²) >= 11 is 0. The van der Waals surface area contributed by atoms with Crippen molar-refractivity contribution in [3.8, 4) is 0 Å². The molecule has 0 aromatic heterocycles. The van der Waals surface area contributed by atoms with Crippen LogP contribution in [0.5, 0.6) is 0 Å². The van der Waals surface area contributed by atoms with E-state index in [4.69, 9.17) is 0 Å². The molecule has 29 heavy (non-hydrogen) atoms.